The standard InChI is InChI=1S/C8H22N4O3S2/c1-7-12(8-2)16(13,10(3)4)9-17(14,15)11(5)6/h7-8H2,1-6H3. The van der Waals surface area contributed by atoms with E-state index in [9.17, 15) is 12.6 Å². The zero-order chi connectivity index (χ0) is 13.9. The fourth-order valence-electron chi connectivity index (χ4n) is 1.09. The fraction of sp³-hybridized carbons (Fsp3) is 1.00. The van der Waals surface area contributed by atoms with Crippen LogP contribution in [0.2, 0.25) is 0 Å². The highest BCUT2D eigenvalue weighted by Crippen LogP contribution is 2.12. The summed E-state index contributed by atoms with van der Waals surface area (Å²) in [7, 11) is -1.14. The van der Waals surface area contributed by atoms with Gasteiger partial charge in [-0.15, -0.1) is 0 Å². The molecule has 1 unspecified atom stereocenters. The molecule has 0 aromatic heterocycles. The number of nitrogens with zero attached hydrogens (tertiary/aromatic N) is 4. The van der Waals surface area contributed by atoms with E-state index in [4.69, 9.17) is 0 Å². The number of hydrogen-bond acceptors (Lipinski definition) is 3. The van der Waals surface area contributed by atoms with Crippen molar-refractivity contribution in [1.29, 1.82) is 0 Å². The van der Waals surface area contributed by atoms with Gasteiger partial charge in [-0.2, -0.15) is 12.7 Å². The second kappa shape index (κ2) is 6.10. The van der Waals surface area contributed by atoms with Gasteiger partial charge in [0, 0.05) is 41.3 Å². The molecular formula is C8H22N4O3S2. The molecule has 0 N–H and O–H groups in total. The summed E-state index contributed by atoms with van der Waals surface area (Å²) < 4.78 is 43.4. The van der Waals surface area contributed by atoms with Crippen LogP contribution in [0.1, 0.15) is 13.8 Å². The van der Waals surface area contributed by atoms with E-state index in [-0.39, 0.29) is 0 Å². The van der Waals surface area contributed by atoms with Crippen LogP contribution in [0, 0.1) is 0 Å². The summed E-state index contributed by atoms with van der Waals surface area (Å²) >= 11 is 0. The van der Waals surface area contributed by atoms with Gasteiger partial charge in [-0.3, -0.25) is 0 Å². The second-order valence-corrected chi connectivity index (χ2v) is 8.14. The Morgan fingerprint density at radius 1 is 0.882 bits per heavy atom. The lowest BCUT2D eigenvalue weighted by molar-refractivity contribution is 0.440. The Balaban J connectivity index is 5.86. The molecule has 7 nitrogen and oxygen atoms in total. The lowest BCUT2D eigenvalue weighted by Crippen LogP contribution is -2.41. The van der Waals surface area contributed by atoms with Crippen LogP contribution in [-0.4, -0.2) is 66.8 Å². The highest BCUT2D eigenvalue weighted by atomic mass is 32.3. The molecule has 9 heteroatoms. The first-order valence-corrected chi connectivity index (χ1v) is 8.07. The second-order valence-electron chi connectivity index (χ2n) is 3.73. The molecule has 0 spiro atoms. The Hall–Kier alpha value is -0.220. The van der Waals surface area contributed by atoms with Gasteiger partial charge in [-0.1, -0.05) is 17.6 Å². The molecule has 0 bridgehead atoms. The van der Waals surface area contributed by atoms with Gasteiger partial charge in [0.25, 0.3) is 0 Å². The maximum absolute atomic E-state index is 12.6. The molecule has 0 heterocycles. The average molecular weight is 286 g/mol. The molecule has 0 rings (SSSR count). The van der Waals surface area contributed by atoms with Crippen LogP contribution in [-0.2, 0) is 20.3 Å². The summed E-state index contributed by atoms with van der Waals surface area (Å²) in [4.78, 5) is 0. The summed E-state index contributed by atoms with van der Waals surface area (Å²) in [5.41, 5.74) is 0. The van der Waals surface area contributed by atoms with Crippen molar-refractivity contribution in [3.8, 4) is 0 Å². The van der Waals surface area contributed by atoms with Gasteiger partial charge in [-0.25, -0.2) is 12.8 Å². The molecular weight excluding hydrogens is 264 g/mol. The minimum Gasteiger partial charge on any atom is -0.216 e. The first kappa shape index (κ1) is 16.8. The van der Waals surface area contributed by atoms with Gasteiger partial charge < -0.3 is 0 Å². The van der Waals surface area contributed by atoms with Gasteiger partial charge >= 0.3 is 10.2 Å². The van der Waals surface area contributed by atoms with E-state index in [2.05, 4.69) is 3.77 Å². The molecule has 0 fully saturated rings. The zero-order valence-corrected chi connectivity index (χ0v) is 12.9. The summed E-state index contributed by atoms with van der Waals surface area (Å²) in [5.74, 6) is 0. The van der Waals surface area contributed by atoms with E-state index in [1.165, 1.54) is 22.7 Å². The Morgan fingerprint density at radius 2 is 1.29 bits per heavy atom. The van der Waals surface area contributed by atoms with E-state index in [1.54, 1.807) is 14.1 Å². The molecule has 104 valence electrons. The Bertz CT molecular complexity index is 445. The average Bonchev–Trinajstić information content (AvgIpc) is 2.18. The van der Waals surface area contributed by atoms with Crippen LogP contribution in [0.25, 0.3) is 0 Å². The zero-order valence-electron chi connectivity index (χ0n) is 11.2. The SMILES string of the molecule is CCN(CC)S(=O)(=NS(=O)(=O)N(C)C)N(C)C. The normalized spacial score (nSPS) is 16.5. The molecule has 0 radical (unpaired) electrons. The number of hydrogen-bond donors (Lipinski definition) is 0. The Kier molecular flexibility index (Phi) is 6.02. The first-order valence-electron chi connectivity index (χ1n) is 5.25. The van der Waals surface area contributed by atoms with Crippen LogP contribution in [0.3, 0.4) is 0 Å². The molecule has 0 aliphatic rings. The van der Waals surface area contributed by atoms with Crippen LogP contribution in [0.15, 0.2) is 3.77 Å². The summed E-state index contributed by atoms with van der Waals surface area (Å²) in [6, 6.07) is 0. The maximum Gasteiger partial charge on any atom is 0.331 e. The molecule has 17 heavy (non-hydrogen) atoms. The van der Waals surface area contributed by atoms with Crippen molar-refractivity contribution in [2.75, 3.05) is 41.3 Å². The van der Waals surface area contributed by atoms with Gasteiger partial charge in [-0.05, 0) is 0 Å². The van der Waals surface area contributed by atoms with Crippen molar-refractivity contribution < 1.29 is 12.6 Å². The Morgan fingerprint density at radius 3 is 1.53 bits per heavy atom. The van der Waals surface area contributed by atoms with Crippen molar-refractivity contribution in [2.24, 2.45) is 3.77 Å². The fourth-order valence-corrected chi connectivity index (χ4v) is 4.65. The van der Waals surface area contributed by atoms with E-state index in [0.717, 1.165) is 4.31 Å². The summed E-state index contributed by atoms with van der Waals surface area (Å²) in [5, 5.41) is 0. The largest absolute Gasteiger partial charge is 0.331 e. The van der Waals surface area contributed by atoms with E-state index in [0.29, 0.717) is 13.1 Å². The molecule has 0 aliphatic heterocycles. The molecule has 0 aromatic rings. The van der Waals surface area contributed by atoms with Crippen molar-refractivity contribution in [3.63, 3.8) is 0 Å². The van der Waals surface area contributed by atoms with Crippen molar-refractivity contribution in [2.45, 2.75) is 13.8 Å². The third kappa shape index (κ3) is 3.88. The van der Waals surface area contributed by atoms with E-state index in [1.807, 2.05) is 13.8 Å². The van der Waals surface area contributed by atoms with Gasteiger partial charge in [0.2, 0.25) is 0 Å². The van der Waals surface area contributed by atoms with Crippen LogP contribution >= 0.6 is 0 Å². The van der Waals surface area contributed by atoms with Gasteiger partial charge in [0.05, 0.1) is 0 Å². The lowest BCUT2D eigenvalue weighted by atomic mass is 10.7. The minimum atomic E-state index is -3.87. The van der Waals surface area contributed by atoms with E-state index >= 15 is 0 Å². The van der Waals surface area contributed by atoms with Crippen LogP contribution in [0.4, 0.5) is 0 Å². The monoisotopic (exact) mass is 286 g/mol. The quantitative estimate of drug-likeness (QED) is 0.689. The first-order chi connectivity index (χ1) is 7.61. The van der Waals surface area contributed by atoms with Crippen molar-refractivity contribution in [1.82, 2.24) is 12.9 Å². The van der Waals surface area contributed by atoms with E-state index < -0.39 is 20.3 Å². The predicted octanol–water partition coefficient (Wildman–Crippen LogP) is -0.00580. The Labute approximate surface area is 105 Å². The van der Waals surface area contributed by atoms with Crippen molar-refractivity contribution in [3.05, 3.63) is 0 Å². The smallest absolute Gasteiger partial charge is 0.216 e. The van der Waals surface area contributed by atoms with Gasteiger partial charge in [0.15, 0.2) is 10.1 Å². The summed E-state index contributed by atoms with van der Waals surface area (Å²) in [6.45, 7) is 4.54. The van der Waals surface area contributed by atoms with Crippen molar-refractivity contribution >= 4 is 20.3 Å². The third-order valence-corrected chi connectivity index (χ3v) is 6.76. The highest BCUT2D eigenvalue weighted by molar-refractivity contribution is 7.99. The maximum atomic E-state index is 12.6. The summed E-state index contributed by atoms with van der Waals surface area (Å²) in [6.07, 6.45) is 0. The van der Waals surface area contributed by atoms with Crippen LogP contribution in [0.5, 0.6) is 0 Å². The minimum absolute atomic E-state index is 0.458. The molecule has 0 saturated carbocycles. The van der Waals surface area contributed by atoms with Gasteiger partial charge in [0.1, 0.15) is 0 Å². The number of rotatable bonds is 6. The lowest BCUT2D eigenvalue weighted by Gasteiger charge is -2.27. The molecule has 0 saturated heterocycles. The molecule has 1 atom stereocenters. The predicted molar refractivity (Wildman–Crippen MR) is 69.8 cm³/mol. The highest BCUT2D eigenvalue weighted by Gasteiger charge is 2.25. The molecule has 0 aromatic carbocycles. The topological polar surface area (TPSA) is 73.3 Å². The third-order valence-electron chi connectivity index (χ3n) is 2.17. The van der Waals surface area contributed by atoms with Crippen LogP contribution < -0.4 is 0 Å². The molecule has 0 aliphatic carbocycles. The molecule has 0 amide bonds.